The monoisotopic (exact) mass is 471 g/mol. The third-order valence-corrected chi connectivity index (χ3v) is 9.55. The average Bonchev–Trinajstić information content (AvgIpc) is 3.47. The number of nitrogens with zero attached hydrogens (tertiary/aromatic N) is 1. The summed E-state index contributed by atoms with van der Waals surface area (Å²) in [6.45, 7) is 2.52. The van der Waals surface area contributed by atoms with Crippen molar-refractivity contribution in [3.63, 3.8) is 0 Å². The van der Waals surface area contributed by atoms with Crippen LogP contribution in [0.1, 0.15) is 73.7 Å². The molecular weight excluding hydrogens is 437 g/mol. The van der Waals surface area contributed by atoms with Gasteiger partial charge in [0.2, 0.25) is 0 Å². The van der Waals surface area contributed by atoms with Gasteiger partial charge >= 0.3 is 5.97 Å². The van der Waals surface area contributed by atoms with Crippen LogP contribution in [0.15, 0.2) is 12.1 Å². The Morgan fingerprint density at radius 2 is 1.88 bits per heavy atom. The second-order valence-corrected chi connectivity index (χ2v) is 11.8. The Morgan fingerprint density at radius 1 is 1.18 bits per heavy atom. The molecule has 1 aromatic rings. The maximum absolute atomic E-state index is 15.3. The van der Waals surface area contributed by atoms with Gasteiger partial charge in [-0.2, -0.15) is 0 Å². The number of halogens is 1. The molecule has 1 N–H and O–H groups in total. The first-order valence-corrected chi connectivity index (χ1v) is 12.8. The minimum absolute atomic E-state index is 0.0672. The number of carboxylic acids is 1. The van der Waals surface area contributed by atoms with Crippen LogP contribution >= 0.6 is 0 Å². The number of carboxylic acid groups (broad SMARTS) is 1. The van der Waals surface area contributed by atoms with E-state index < -0.39 is 29.8 Å². The fourth-order valence-electron chi connectivity index (χ4n) is 7.93. The third kappa shape index (κ3) is 3.53. The summed E-state index contributed by atoms with van der Waals surface area (Å²) in [6, 6.07) is 1.96. The van der Waals surface area contributed by atoms with Crippen LogP contribution in [-0.2, 0) is 9.53 Å². The summed E-state index contributed by atoms with van der Waals surface area (Å²) < 4.78 is 27.1. The minimum atomic E-state index is -1.09. The molecule has 5 aliphatic carbocycles. The van der Waals surface area contributed by atoms with Gasteiger partial charge in [-0.15, -0.1) is 0 Å². The van der Waals surface area contributed by atoms with Gasteiger partial charge in [0, 0.05) is 31.1 Å². The summed E-state index contributed by atoms with van der Waals surface area (Å²) in [5.41, 5.74) is 1.05. The Bertz CT molecular complexity index is 1000. The molecule has 6 aliphatic rings. The number of amides is 1. The highest BCUT2D eigenvalue weighted by Crippen LogP contribution is 2.64. The van der Waals surface area contributed by atoms with Crippen LogP contribution in [-0.4, -0.2) is 54.3 Å². The molecule has 0 spiro atoms. The molecule has 5 saturated carbocycles. The zero-order chi connectivity index (χ0) is 23.8. The number of rotatable bonds is 7. The van der Waals surface area contributed by atoms with Gasteiger partial charge in [-0.1, -0.05) is 6.92 Å². The van der Waals surface area contributed by atoms with Crippen molar-refractivity contribution in [2.24, 2.45) is 29.1 Å². The number of ether oxygens (including phenoxy) is 2. The first-order chi connectivity index (χ1) is 16.3. The molecule has 34 heavy (non-hydrogen) atoms. The molecular formula is C27H34FNO5. The second-order valence-electron chi connectivity index (χ2n) is 11.8. The molecule has 184 valence electrons. The van der Waals surface area contributed by atoms with Crippen LogP contribution in [0.2, 0.25) is 0 Å². The van der Waals surface area contributed by atoms with Gasteiger partial charge in [0.25, 0.3) is 5.91 Å². The topological polar surface area (TPSA) is 76.1 Å². The molecule has 1 saturated heterocycles. The lowest BCUT2D eigenvalue weighted by atomic mass is 9.70. The van der Waals surface area contributed by atoms with E-state index in [1.54, 1.807) is 13.0 Å². The van der Waals surface area contributed by atoms with Crippen LogP contribution in [0.5, 0.6) is 5.75 Å². The van der Waals surface area contributed by atoms with E-state index in [0.717, 1.165) is 36.2 Å². The molecule has 7 rings (SSSR count). The smallest absolute Gasteiger partial charge is 0.326 e. The Labute approximate surface area is 199 Å². The van der Waals surface area contributed by atoms with Crippen molar-refractivity contribution in [3.05, 3.63) is 29.1 Å². The van der Waals surface area contributed by atoms with Crippen molar-refractivity contribution in [3.8, 4) is 5.75 Å². The van der Waals surface area contributed by atoms with Crippen LogP contribution < -0.4 is 4.74 Å². The number of carbonyl (C=O) groups is 2. The Morgan fingerprint density at radius 3 is 2.47 bits per heavy atom. The van der Waals surface area contributed by atoms with Crippen LogP contribution in [0.3, 0.4) is 0 Å². The molecule has 5 atom stereocenters. The first-order valence-electron chi connectivity index (χ1n) is 12.8. The quantitative estimate of drug-likeness (QED) is 0.635. The predicted octanol–water partition coefficient (Wildman–Crippen LogP) is 4.47. The molecule has 1 amide bonds. The van der Waals surface area contributed by atoms with Gasteiger partial charge < -0.3 is 19.5 Å². The van der Waals surface area contributed by atoms with Crippen molar-refractivity contribution < 1.29 is 28.6 Å². The summed E-state index contributed by atoms with van der Waals surface area (Å²) >= 11 is 0. The van der Waals surface area contributed by atoms with Crippen LogP contribution in [0.25, 0.3) is 0 Å². The lowest BCUT2D eigenvalue weighted by molar-refractivity contribution is -0.142. The molecule has 6 nitrogen and oxygen atoms in total. The molecule has 0 radical (unpaired) electrons. The summed E-state index contributed by atoms with van der Waals surface area (Å²) in [5, 5.41) is 9.73. The van der Waals surface area contributed by atoms with Crippen LogP contribution in [0, 0.1) is 34.9 Å². The zero-order valence-electron chi connectivity index (χ0n) is 20.0. The lowest BCUT2D eigenvalue weighted by Crippen LogP contribution is -2.43. The van der Waals surface area contributed by atoms with Crippen LogP contribution in [0.4, 0.5) is 4.39 Å². The predicted molar refractivity (Wildman–Crippen MR) is 122 cm³/mol. The van der Waals surface area contributed by atoms with Crippen molar-refractivity contribution >= 4 is 11.9 Å². The fourth-order valence-corrected chi connectivity index (χ4v) is 7.93. The van der Waals surface area contributed by atoms with Gasteiger partial charge in [0.05, 0.1) is 18.3 Å². The van der Waals surface area contributed by atoms with Crippen molar-refractivity contribution in [2.45, 2.75) is 69.9 Å². The number of carbonyl (C=O) groups excluding carboxylic acids is 1. The number of likely N-dealkylation sites (tertiary alicyclic amines) is 1. The van der Waals surface area contributed by atoms with Gasteiger partial charge in [-0.25, -0.2) is 9.18 Å². The molecule has 1 aromatic carbocycles. The molecule has 0 aromatic heterocycles. The van der Waals surface area contributed by atoms with E-state index >= 15 is 4.39 Å². The number of methoxy groups -OCH3 is 1. The number of aliphatic carboxylic acids is 1. The van der Waals surface area contributed by atoms with Crippen molar-refractivity contribution in [2.75, 3.05) is 20.3 Å². The van der Waals surface area contributed by atoms with Gasteiger partial charge in [0.15, 0.2) is 0 Å². The largest absolute Gasteiger partial charge is 0.493 e. The molecule has 6 fully saturated rings. The van der Waals surface area contributed by atoms with Gasteiger partial charge in [0.1, 0.15) is 17.6 Å². The summed E-state index contributed by atoms with van der Waals surface area (Å²) in [7, 11) is 1.51. The Balaban J connectivity index is 1.25. The van der Waals surface area contributed by atoms with E-state index in [-0.39, 0.29) is 29.4 Å². The number of hydrogen-bond acceptors (Lipinski definition) is 4. The van der Waals surface area contributed by atoms with Gasteiger partial charge in [-0.3, -0.25) is 4.79 Å². The molecule has 7 heteroatoms. The highest BCUT2D eigenvalue weighted by Gasteiger charge is 2.56. The number of hydrogen-bond donors (Lipinski definition) is 1. The SMILES string of the molecule is CO[C@@H]1CN(C(=O)c2cc(C3CC3)c(OCC34CC5CC(C3)C(C5)C4)cc2F)[C@H](C(=O)O)[C@H]1C. The molecule has 4 bridgehead atoms. The highest BCUT2D eigenvalue weighted by molar-refractivity contribution is 5.97. The summed E-state index contributed by atoms with van der Waals surface area (Å²) in [6.07, 6.45) is 8.04. The van der Waals surface area contributed by atoms with E-state index in [1.807, 2.05) is 0 Å². The van der Waals surface area contributed by atoms with E-state index in [4.69, 9.17) is 9.47 Å². The maximum Gasteiger partial charge on any atom is 0.326 e. The zero-order valence-corrected chi connectivity index (χ0v) is 20.0. The summed E-state index contributed by atoms with van der Waals surface area (Å²) in [5.74, 6) is 0.666. The standard InChI is InChI=1S/C27H34FNO5/c1-14-23(33-2)12-29(24(14)26(31)32)25(30)20-7-19(16-3-4-16)22(8-21(20)28)34-13-27-9-15-5-17(10-27)18(6-15)11-27/h7-8,14-18,23-24H,3-6,9-13H2,1-2H3,(H,31,32)/t14-,15?,17?,18?,23+,24-,27?/m0/s1. The second kappa shape index (κ2) is 7.94. The van der Waals surface area contributed by atoms with E-state index in [9.17, 15) is 14.7 Å². The third-order valence-electron chi connectivity index (χ3n) is 9.55. The average molecular weight is 472 g/mol. The van der Waals surface area contributed by atoms with E-state index in [0.29, 0.717) is 12.4 Å². The van der Waals surface area contributed by atoms with Crippen molar-refractivity contribution in [1.29, 1.82) is 0 Å². The van der Waals surface area contributed by atoms with Crippen molar-refractivity contribution in [1.82, 2.24) is 4.90 Å². The normalized spacial score (nSPS) is 38.0. The molecule has 1 heterocycles. The molecule has 1 aliphatic heterocycles. The van der Waals surface area contributed by atoms with Gasteiger partial charge in [-0.05, 0) is 80.2 Å². The lowest BCUT2D eigenvalue weighted by Gasteiger charge is -2.38. The number of benzene rings is 1. The maximum atomic E-state index is 15.3. The van der Waals surface area contributed by atoms with E-state index in [1.165, 1.54) is 50.2 Å². The Kier molecular flexibility index (Phi) is 5.21. The fraction of sp³-hybridized carbons (Fsp3) is 0.704. The summed E-state index contributed by atoms with van der Waals surface area (Å²) in [4.78, 5) is 26.5. The highest BCUT2D eigenvalue weighted by atomic mass is 19.1. The molecule has 2 unspecified atom stereocenters. The minimum Gasteiger partial charge on any atom is -0.493 e. The Hall–Kier alpha value is -2.15. The first kappa shape index (κ1) is 22.3. The van der Waals surface area contributed by atoms with E-state index in [2.05, 4.69) is 0 Å².